The fraction of sp³-hybridized carbons (Fsp3) is 0.344. The molecule has 2 N–H and O–H groups in total. The van der Waals surface area contributed by atoms with Crippen LogP contribution in [0.1, 0.15) is 41.9 Å². The molecule has 198 valence electrons. The molecule has 0 spiro atoms. The van der Waals surface area contributed by atoms with Gasteiger partial charge in [0.2, 0.25) is 0 Å². The van der Waals surface area contributed by atoms with Crippen molar-refractivity contribution >= 4 is 49.5 Å². The van der Waals surface area contributed by atoms with Gasteiger partial charge in [-0.1, -0.05) is 42.5 Å². The third-order valence-electron chi connectivity index (χ3n) is 9.69. The van der Waals surface area contributed by atoms with Crippen molar-refractivity contribution in [1.29, 1.82) is 0 Å². The first kappa shape index (κ1) is 23.3. The van der Waals surface area contributed by atoms with Gasteiger partial charge in [-0.25, -0.2) is 0 Å². The van der Waals surface area contributed by atoms with Gasteiger partial charge >= 0.3 is 0 Å². The molecule has 2 aromatic heterocycles. The van der Waals surface area contributed by atoms with E-state index in [1.807, 2.05) is 6.08 Å². The molecule has 2 fully saturated rings. The highest BCUT2D eigenvalue weighted by Crippen LogP contribution is 2.63. The number of ether oxygens (including phenoxy) is 2. The highest BCUT2D eigenvalue weighted by molar-refractivity contribution is 6.30. The summed E-state index contributed by atoms with van der Waals surface area (Å²) in [5, 5.41) is 7.45. The highest BCUT2D eigenvalue weighted by atomic mass is 16.6. The number of aromatic nitrogens is 2. The molecular weight excluding hydrogens is 488 g/mol. The van der Waals surface area contributed by atoms with E-state index in [4.69, 9.17) is 9.47 Å². The molecule has 8 rings (SSSR count). The molecule has 5 aromatic rings. The predicted molar refractivity (Wildman–Crippen MR) is 154 cm³/mol. The third kappa shape index (κ3) is 2.80. The molecule has 1 aliphatic carbocycles. The summed E-state index contributed by atoms with van der Waals surface area (Å²) < 4.78 is 15.5. The summed E-state index contributed by atoms with van der Waals surface area (Å²) in [5.41, 5.74) is 5.34. The first-order valence-electron chi connectivity index (χ1n) is 13.7. The molecule has 0 unspecified atom stereocenters. The molecule has 2 aliphatic heterocycles. The monoisotopic (exact) mass is 520 g/mol. The average molecular weight is 521 g/mol. The van der Waals surface area contributed by atoms with Gasteiger partial charge in [0.25, 0.3) is 5.91 Å². The maximum atomic E-state index is 13.4. The molecule has 1 saturated carbocycles. The molecule has 0 radical (unpaired) electrons. The Hall–Kier alpha value is -3.65. The summed E-state index contributed by atoms with van der Waals surface area (Å²) in [4.78, 5) is 19.5. The first-order valence-corrected chi connectivity index (χ1v) is 13.7. The van der Waals surface area contributed by atoms with Gasteiger partial charge in [-0.05, 0) is 31.7 Å². The van der Waals surface area contributed by atoms with E-state index in [2.05, 4.69) is 88.8 Å². The second-order valence-electron chi connectivity index (χ2n) is 11.6. The number of hydrogen-bond donors (Lipinski definition) is 2. The largest absolute Gasteiger partial charge is 0.373 e. The Labute approximate surface area is 226 Å². The smallest absolute Gasteiger partial charge is 0.252 e. The van der Waals surface area contributed by atoms with Crippen LogP contribution >= 0.6 is 0 Å². The van der Waals surface area contributed by atoms with Crippen molar-refractivity contribution in [2.75, 3.05) is 20.7 Å². The quantitative estimate of drug-likeness (QED) is 0.295. The van der Waals surface area contributed by atoms with Crippen LogP contribution in [0.3, 0.4) is 0 Å². The Morgan fingerprint density at radius 1 is 1.18 bits per heavy atom. The molecule has 4 heterocycles. The molecule has 0 bridgehead atoms. The van der Waals surface area contributed by atoms with E-state index < -0.39 is 5.60 Å². The summed E-state index contributed by atoms with van der Waals surface area (Å²) in [7, 11) is 3.95. The van der Waals surface area contributed by atoms with E-state index in [0.29, 0.717) is 6.54 Å². The van der Waals surface area contributed by atoms with E-state index in [-0.39, 0.29) is 23.8 Å². The van der Waals surface area contributed by atoms with Crippen LogP contribution in [0.15, 0.2) is 61.2 Å². The van der Waals surface area contributed by atoms with Crippen molar-refractivity contribution in [3.8, 4) is 0 Å². The zero-order chi connectivity index (χ0) is 26.7. The second kappa shape index (κ2) is 7.72. The van der Waals surface area contributed by atoms with E-state index in [0.717, 1.165) is 74.1 Å². The first-order chi connectivity index (χ1) is 18.9. The van der Waals surface area contributed by atoms with Gasteiger partial charge in [-0.15, -0.1) is 6.58 Å². The van der Waals surface area contributed by atoms with Crippen LogP contribution in [0.4, 0.5) is 0 Å². The Balaban J connectivity index is 1.47. The Morgan fingerprint density at radius 2 is 1.95 bits per heavy atom. The number of fused-ring (bicyclic) bond motifs is 11. The van der Waals surface area contributed by atoms with Crippen LogP contribution in [-0.4, -0.2) is 58.3 Å². The summed E-state index contributed by atoms with van der Waals surface area (Å²) in [5.74, 6) is -0.00852. The number of benzene rings is 3. The molecule has 1 amide bonds. The number of nitrogens with one attached hydrogen (secondary N) is 2. The van der Waals surface area contributed by atoms with E-state index in [1.54, 1.807) is 7.11 Å². The number of amides is 1. The molecule has 1 saturated heterocycles. The fourth-order valence-corrected chi connectivity index (χ4v) is 7.90. The van der Waals surface area contributed by atoms with Crippen LogP contribution in [0.25, 0.3) is 43.6 Å². The molecular formula is C32H32N4O3. The summed E-state index contributed by atoms with van der Waals surface area (Å²) >= 11 is 0. The van der Waals surface area contributed by atoms with Gasteiger partial charge < -0.3 is 24.3 Å². The number of carbonyl (C=O) groups is 1. The molecule has 4 atom stereocenters. The third-order valence-corrected chi connectivity index (χ3v) is 9.69. The lowest BCUT2D eigenvalue weighted by Crippen LogP contribution is -2.54. The number of rotatable bonds is 5. The van der Waals surface area contributed by atoms with Crippen LogP contribution < -0.4 is 5.32 Å². The van der Waals surface area contributed by atoms with E-state index in [1.165, 1.54) is 0 Å². The number of hydrogen-bond acceptors (Lipinski definition) is 4. The lowest BCUT2D eigenvalue weighted by molar-refractivity contribution is -0.174. The zero-order valence-corrected chi connectivity index (χ0v) is 22.5. The van der Waals surface area contributed by atoms with Crippen molar-refractivity contribution in [3.63, 3.8) is 0 Å². The number of aromatic amines is 1. The van der Waals surface area contributed by atoms with Gasteiger partial charge in [0.05, 0.1) is 22.1 Å². The van der Waals surface area contributed by atoms with Gasteiger partial charge in [0.15, 0.2) is 0 Å². The van der Waals surface area contributed by atoms with Crippen molar-refractivity contribution in [2.45, 2.75) is 49.8 Å². The van der Waals surface area contributed by atoms with Crippen LogP contribution in [0.2, 0.25) is 0 Å². The molecule has 7 heteroatoms. The molecule has 3 aromatic carbocycles. The van der Waals surface area contributed by atoms with Gasteiger partial charge in [0, 0.05) is 66.1 Å². The Morgan fingerprint density at radius 3 is 2.74 bits per heavy atom. The fourth-order valence-electron chi connectivity index (χ4n) is 7.90. The van der Waals surface area contributed by atoms with Crippen LogP contribution in [0.5, 0.6) is 0 Å². The number of H-pyrrole nitrogens is 1. The lowest BCUT2D eigenvalue weighted by atomic mass is 9.95. The normalized spacial score (nSPS) is 27.9. The topological polar surface area (TPSA) is 71.5 Å². The number of nitrogens with zero attached hydrogens (tertiary/aromatic N) is 2. The SMILES string of the molecule is C=CCN(C)[C@@H]1C[C@H](n2c3ccccc3c3c4c(c5c6ccccc6[nH]c5c32)CNC4=O)O[C@]2(C)C[C@@]12OC. The van der Waals surface area contributed by atoms with Crippen molar-refractivity contribution in [2.24, 2.45) is 0 Å². The predicted octanol–water partition coefficient (Wildman–Crippen LogP) is 5.63. The van der Waals surface area contributed by atoms with Crippen molar-refractivity contribution in [1.82, 2.24) is 19.8 Å². The average Bonchev–Trinajstić information content (AvgIpc) is 3.22. The second-order valence-corrected chi connectivity index (χ2v) is 11.6. The Bertz CT molecular complexity index is 1870. The number of para-hydroxylation sites is 2. The standard InChI is InChI=1S/C32H32N4O3/c1-5-14-35(3)23-15-24(39-31(2)17-32(23,31)38-4)36-22-13-9-7-11-19(22)26-27-20(16-33-30(27)37)25-18-10-6-8-12-21(18)34-28(25)29(26)36/h5-13,23-24,34H,1,14-17H2,2-4H3,(H,33,37)/t23-,24-,31-,32-/m1/s1. The summed E-state index contributed by atoms with van der Waals surface area (Å²) in [6.45, 7) is 7.46. The lowest BCUT2D eigenvalue weighted by Gasteiger charge is -2.44. The summed E-state index contributed by atoms with van der Waals surface area (Å²) in [6, 6.07) is 16.9. The maximum absolute atomic E-state index is 13.4. The minimum absolute atomic E-state index is 0.00852. The number of methoxy groups -OCH3 is 1. The minimum atomic E-state index is -0.407. The molecule has 3 aliphatic rings. The molecule has 39 heavy (non-hydrogen) atoms. The zero-order valence-electron chi connectivity index (χ0n) is 22.5. The maximum Gasteiger partial charge on any atom is 0.252 e. The summed E-state index contributed by atoms with van der Waals surface area (Å²) in [6.07, 6.45) is 3.31. The molecule has 7 nitrogen and oxygen atoms in total. The van der Waals surface area contributed by atoms with E-state index in [9.17, 15) is 4.79 Å². The Kier molecular flexibility index (Phi) is 4.60. The highest BCUT2D eigenvalue weighted by Gasteiger charge is 2.74. The minimum Gasteiger partial charge on any atom is -0.373 e. The van der Waals surface area contributed by atoms with Gasteiger partial charge in [-0.3, -0.25) is 9.69 Å². The number of likely N-dealkylation sites (N-methyl/N-ethyl adjacent to an activating group) is 1. The van der Waals surface area contributed by atoms with Crippen LogP contribution in [-0.2, 0) is 16.0 Å². The van der Waals surface area contributed by atoms with Gasteiger partial charge in [0.1, 0.15) is 17.4 Å². The van der Waals surface area contributed by atoms with Crippen LogP contribution in [0, 0.1) is 0 Å². The number of carbonyl (C=O) groups excluding carboxylic acids is 1. The van der Waals surface area contributed by atoms with Gasteiger partial charge in [-0.2, -0.15) is 0 Å². The van der Waals surface area contributed by atoms with Crippen molar-refractivity contribution in [3.05, 3.63) is 72.3 Å². The van der Waals surface area contributed by atoms with Crippen molar-refractivity contribution < 1.29 is 14.3 Å². The van der Waals surface area contributed by atoms with E-state index >= 15 is 0 Å².